The van der Waals surface area contributed by atoms with Gasteiger partial charge in [-0.1, -0.05) is 6.92 Å². The molecule has 1 fully saturated rings. The molecule has 2 unspecified atom stereocenters. The van der Waals surface area contributed by atoms with E-state index in [1.54, 1.807) is 41.6 Å². The van der Waals surface area contributed by atoms with Crippen molar-refractivity contribution in [3.05, 3.63) is 66.5 Å². The lowest BCUT2D eigenvalue weighted by Gasteiger charge is -2.17. The van der Waals surface area contributed by atoms with Crippen LogP contribution in [-0.4, -0.2) is 50.9 Å². The molecule has 1 aromatic carbocycles. The first-order valence-corrected chi connectivity index (χ1v) is 10.2. The molecule has 1 aliphatic heterocycles. The van der Waals surface area contributed by atoms with E-state index in [1.165, 1.54) is 18.6 Å². The fraction of sp³-hybridized carbons (Fsp3) is 0.217. The van der Waals surface area contributed by atoms with Crippen LogP contribution in [0.25, 0.3) is 22.4 Å². The minimum Gasteiger partial charge on any atom is -0.507 e. The molecule has 0 bridgehead atoms. The first-order chi connectivity index (χ1) is 15.5. The van der Waals surface area contributed by atoms with E-state index in [1.807, 2.05) is 6.92 Å². The van der Waals surface area contributed by atoms with Gasteiger partial charge in [-0.05, 0) is 36.2 Å². The molecule has 1 aliphatic rings. The number of amides is 2. The topological polar surface area (TPSA) is 122 Å². The Balaban J connectivity index is 1.27. The van der Waals surface area contributed by atoms with Crippen molar-refractivity contribution in [2.24, 2.45) is 5.92 Å². The normalized spacial score (nSPS) is 18.2. The standard InChI is InChI=1S/C23H20N4O5/c1-13-10-27(23(30)18-12-32-22(26-18)14-3-2-5-24-9-14)11-17(13)25-21(29)15-7-19(28)16-4-6-31-20(16)8-15/h2-9,12-13,17,28H,10-11H2,1H3,(H,25,29). The predicted octanol–water partition coefficient (Wildman–Crippen LogP) is 3.08. The average molecular weight is 432 g/mol. The van der Waals surface area contributed by atoms with Crippen LogP contribution < -0.4 is 5.32 Å². The Labute approximate surface area is 182 Å². The zero-order valence-electron chi connectivity index (χ0n) is 17.2. The van der Waals surface area contributed by atoms with Gasteiger partial charge in [0.05, 0.1) is 23.3 Å². The molecule has 0 aliphatic carbocycles. The molecule has 4 aromatic rings. The second-order valence-electron chi connectivity index (χ2n) is 7.87. The van der Waals surface area contributed by atoms with E-state index in [9.17, 15) is 14.7 Å². The van der Waals surface area contributed by atoms with Gasteiger partial charge in [-0.15, -0.1) is 0 Å². The summed E-state index contributed by atoms with van der Waals surface area (Å²) in [5, 5.41) is 13.6. The maximum Gasteiger partial charge on any atom is 0.275 e. The highest BCUT2D eigenvalue weighted by molar-refractivity contribution is 5.99. The van der Waals surface area contributed by atoms with Gasteiger partial charge in [0.2, 0.25) is 5.89 Å². The molecule has 4 heterocycles. The zero-order chi connectivity index (χ0) is 22.2. The number of aromatic hydroxyl groups is 1. The number of likely N-dealkylation sites (tertiary alicyclic amines) is 1. The molecule has 162 valence electrons. The summed E-state index contributed by atoms with van der Waals surface area (Å²) in [7, 11) is 0. The third-order valence-electron chi connectivity index (χ3n) is 5.66. The first kappa shape index (κ1) is 19.8. The van der Waals surface area contributed by atoms with Crippen molar-refractivity contribution in [1.29, 1.82) is 0 Å². The van der Waals surface area contributed by atoms with Gasteiger partial charge in [0.1, 0.15) is 17.6 Å². The third-order valence-corrected chi connectivity index (χ3v) is 5.66. The number of fused-ring (bicyclic) bond motifs is 1. The van der Waals surface area contributed by atoms with Crippen LogP contribution in [0.15, 0.2) is 64.1 Å². The molecular formula is C23H20N4O5. The van der Waals surface area contributed by atoms with E-state index < -0.39 is 0 Å². The van der Waals surface area contributed by atoms with Crippen LogP contribution in [0.5, 0.6) is 5.75 Å². The number of nitrogens with zero attached hydrogens (tertiary/aromatic N) is 3. The van der Waals surface area contributed by atoms with Gasteiger partial charge >= 0.3 is 0 Å². The molecule has 1 saturated heterocycles. The predicted molar refractivity (Wildman–Crippen MR) is 114 cm³/mol. The lowest BCUT2D eigenvalue weighted by molar-refractivity contribution is 0.0775. The van der Waals surface area contributed by atoms with E-state index in [4.69, 9.17) is 8.83 Å². The van der Waals surface area contributed by atoms with Crippen LogP contribution in [0.1, 0.15) is 27.8 Å². The number of hydrogen-bond donors (Lipinski definition) is 2. The van der Waals surface area contributed by atoms with Crippen molar-refractivity contribution >= 4 is 22.8 Å². The van der Waals surface area contributed by atoms with Gasteiger partial charge in [0.15, 0.2) is 5.69 Å². The molecule has 9 nitrogen and oxygen atoms in total. The highest BCUT2D eigenvalue weighted by Gasteiger charge is 2.35. The Bertz CT molecular complexity index is 1300. The number of nitrogens with one attached hydrogen (secondary N) is 1. The molecule has 2 N–H and O–H groups in total. The summed E-state index contributed by atoms with van der Waals surface area (Å²) in [5.41, 5.74) is 1.61. The molecule has 5 rings (SSSR count). The van der Waals surface area contributed by atoms with Gasteiger partial charge < -0.3 is 24.2 Å². The minimum absolute atomic E-state index is 0.0203. The van der Waals surface area contributed by atoms with Crippen LogP contribution in [0.4, 0.5) is 0 Å². The Morgan fingerprint density at radius 1 is 1.22 bits per heavy atom. The van der Waals surface area contributed by atoms with Crippen molar-refractivity contribution in [3.8, 4) is 17.2 Å². The lowest BCUT2D eigenvalue weighted by atomic mass is 10.1. The molecule has 2 amide bonds. The lowest BCUT2D eigenvalue weighted by Crippen LogP contribution is -2.40. The number of aromatic nitrogens is 2. The Morgan fingerprint density at radius 3 is 2.91 bits per heavy atom. The molecular weight excluding hydrogens is 412 g/mol. The van der Waals surface area contributed by atoms with Crippen molar-refractivity contribution in [3.63, 3.8) is 0 Å². The van der Waals surface area contributed by atoms with Crippen molar-refractivity contribution in [2.75, 3.05) is 13.1 Å². The summed E-state index contributed by atoms with van der Waals surface area (Å²) in [4.78, 5) is 35.7. The number of benzene rings is 1. The molecule has 3 aromatic heterocycles. The molecule has 0 saturated carbocycles. The summed E-state index contributed by atoms with van der Waals surface area (Å²) < 4.78 is 10.7. The molecule has 32 heavy (non-hydrogen) atoms. The summed E-state index contributed by atoms with van der Waals surface area (Å²) in [6.07, 6.45) is 6.05. The number of carbonyl (C=O) groups excluding carboxylic acids is 2. The van der Waals surface area contributed by atoms with Gasteiger partial charge in [0, 0.05) is 31.0 Å². The molecule has 9 heteroatoms. The zero-order valence-corrected chi connectivity index (χ0v) is 17.2. The Morgan fingerprint density at radius 2 is 2.09 bits per heavy atom. The van der Waals surface area contributed by atoms with Crippen LogP contribution in [-0.2, 0) is 0 Å². The summed E-state index contributed by atoms with van der Waals surface area (Å²) in [6, 6.07) is 7.95. The van der Waals surface area contributed by atoms with Crippen LogP contribution in [0.2, 0.25) is 0 Å². The number of hydrogen-bond acceptors (Lipinski definition) is 7. The van der Waals surface area contributed by atoms with Crippen LogP contribution in [0.3, 0.4) is 0 Å². The molecule has 2 atom stereocenters. The van der Waals surface area contributed by atoms with E-state index in [0.717, 1.165) is 0 Å². The summed E-state index contributed by atoms with van der Waals surface area (Å²) in [5.74, 6) is -0.263. The van der Waals surface area contributed by atoms with E-state index >= 15 is 0 Å². The number of oxazole rings is 1. The fourth-order valence-electron chi connectivity index (χ4n) is 3.91. The number of carbonyl (C=O) groups is 2. The van der Waals surface area contributed by atoms with Gasteiger partial charge in [-0.3, -0.25) is 14.6 Å². The maximum absolute atomic E-state index is 12.9. The highest BCUT2D eigenvalue weighted by Crippen LogP contribution is 2.28. The van der Waals surface area contributed by atoms with Gasteiger partial charge in [0.25, 0.3) is 11.8 Å². The van der Waals surface area contributed by atoms with Crippen molar-refractivity contribution in [2.45, 2.75) is 13.0 Å². The van der Waals surface area contributed by atoms with Gasteiger partial charge in [-0.25, -0.2) is 4.98 Å². The van der Waals surface area contributed by atoms with Crippen LogP contribution >= 0.6 is 0 Å². The number of furan rings is 1. The van der Waals surface area contributed by atoms with Crippen molar-refractivity contribution < 1.29 is 23.5 Å². The average Bonchev–Trinajstić information content (AvgIpc) is 3.54. The maximum atomic E-state index is 12.9. The SMILES string of the molecule is CC1CN(C(=O)c2coc(-c3cccnc3)n2)CC1NC(=O)c1cc(O)c2ccoc2c1. The van der Waals surface area contributed by atoms with Gasteiger partial charge in [-0.2, -0.15) is 0 Å². The first-order valence-electron chi connectivity index (χ1n) is 10.2. The minimum atomic E-state index is -0.343. The highest BCUT2D eigenvalue weighted by atomic mass is 16.3. The van der Waals surface area contributed by atoms with Crippen molar-refractivity contribution in [1.82, 2.24) is 20.2 Å². The third kappa shape index (κ3) is 3.58. The smallest absolute Gasteiger partial charge is 0.275 e. The summed E-state index contributed by atoms with van der Waals surface area (Å²) >= 11 is 0. The number of phenols is 1. The van der Waals surface area contributed by atoms with E-state index in [2.05, 4.69) is 15.3 Å². The number of phenolic OH excluding ortho intramolecular Hbond substituents is 1. The molecule has 0 spiro atoms. The number of pyridine rings is 1. The number of rotatable bonds is 4. The summed E-state index contributed by atoms with van der Waals surface area (Å²) in [6.45, 7) is 2.78. The molecule has 0 radical (unpaired) electrons. The Hall–Kier alpha value is -4.14. The van der Waals surface area contributed by atoms with E-state index in [-0.39, 0.29) is 35.2 Å². The van der Waals surface area contributed by atoms with E-state index in [0.29, 0.717) is 41.1 Å². The fourth-order valence-corrected chi connectivity index (χ4v) is 3.91. The second kappa shape index (κ2) is 7.84. The largest absolute Gasteiger partial charge is 0.507 e. The monoisotopic (exact) mass is 432 g/mol. The Kier molecular flexibility index (Phi) is 4.85. The van der Waals surface area contributed by atoms with Crippen LogP contribution in [0, 0.1) is 5.92 Å². The second-order valence-corrected chi connectivity index (χ2v) is 7.87. The quantitative estimate of drug-likeness (QED) is 0.508.